The predicted molar refractivity (Wildman–Crippen MR) is 147 cm³/mol. The molecule has 2 atom stereocenters. The summed E-state index contributed by atoms with van der Waals surface area (Å²) in [5.41, 5.74) is 2.01. The van der Waals surface area contributed by atoms with Crippen molar-refractivity contribution < 1.29 is 19.5 Å². The Bertz CT molecular complexity index is 1010. The average molecular weight is 507 g/mol. The summed E-state index contributed by atoms with van der Waals surface area (Å²) in [6, 6.07) is 17.2. The molecule has 6 nitrogen and oxygen atoms in total. The Balaban J connectivity index is 1.42. The summed E-state index contributed by atoms with van der Waals surface area (Å²) in [6.45, 7) is 2.92. The van der Waals surface area contributed by atoms with Crippen molar-refractivity contribution in [3.63, 3.8) is 0 Å². The van der Waals surface area contributed by atoms with Gasteiger partial charge in [0, 0.05) is 18.0 Å². The molecule has 1 aliphatic rings. The van der Waals surface area contributed by atoms with Gasteiger partial charge in [0.1, 0.15) is 0 Å². The Hall–Kier alpha value is -3.15. The highest BCUT2D eigenvalue weighted by molar-refractivity contribution is 6.31. The minimum atomic E-state index is -1.48. The Morgan fingerprint density at radius 3 is 2.03 bits per heavy atom. The second-order valence-electron chi connectivity index (χ2n) is 10.4. The second kappa shape index (κ2) is 14.6. The van der Waals surface area contributed by atoms with Crippen molar-refractivity contribution in [2.24, 2.45) is 0 Å². The molecule has 37 heavy (non-hydrogen) atoms. The van der Waals surface area contributed by atoms with Gasteiger partial charge in [-0.25, -0.2) is 4.79 Å². The standard InChI is InChI=1S/C31H42N2O4/c1-2-3-4-5-6-7-8-9-10-14-21-32-28(34)26-19-17-24(18-20-26)22-31(33-29(35)30(36)37)23-27(31)25-15-12-11-13-16-25/h11-13,15-20,27H,2-10,14,21-23H2,1H3,(H,32,34)(H,33,35)(H,36,37)/t27-,31-/m1/s1. The van der Waals surface area contributed by atoms with Crippen LogP contribution in [0.2, 0.25) is 0 Å². The van der Waals surface area contributed by atoms with E-state index in [4.69, 9.17) is 5.11 Å². The van der Waals surface area contributed by atoms with Gasteiger partial charge in [-0.05, 0) is 42.5 Å². The molecule has 1 fully saturated rings. The van der Waals surface area contributed by atoms with Gasteiger partial charge in [0.05, 0.1) is 5.54 Å². The Labute approximate surface area is 221 Å². The number of rotatable bonds is 16. The van der Waals surface area contributed by atoms with E-state index >= 15 is 0 Å². The zero-order chi connectivity index (χ0) is 26.5. The topological polar surface area (TPSA) is 95.5 Å². The van der Waals surface area contributed by atoms with Gasteiger partial charge in [0.2, 0.25) is 0 Å². The van der Waals surface area contributed by atoms with Crippen LogP contribution in [0.1, 0.15) is 105 Å². The highest BCUT2D eigenvalue weighted by Crippen LogP contribution is 2.53. The highest BCUT2D eigenvalue weighted by atomic mass is 16.4. The third-order valence-electron chi connectivity index (χ3n) is 7.39. The summed E-state index contributed by atoms with van der Waals surface area (Å²) in [5.74, 6) is -2.49. The fourth-order valence-electron chi connectivity index (χ4n) is 5.14. The van der Waals surface area contributed by atoms with Gasteiger partial charge in [-0.2, -0.15) is 0 Å². The van der Waals surface area contributed by atoms with Gasteiger partial charge < -0.3 is 15.7 Å². The molecule has 2 amide bonds. The lowest BCUT2D eigenvalue weighted by Gasteiger charge is -2.19. The molecule has 0 aromatic heterocycles. The van der Waals surface area contributed by atoms with Gasteiger partial charge in [-0.3, -0.25) is 9.59 Å². The van der Waals surface area contributed by atoms with Crippen molar-refractivity contribution in [3.05, 3.63) is 71.3 Å². The number of carbonyl (C=O) groups excluding carboxylic acids is 2. The van der Waals surface area contributed by atoms with Crippen LogP contribution in [0.5, 0.6) is 0 Å². The number of hydrogen-bond acceptors (Lipinski definition) is 3. The first kappa shape index (κ1) is 28.4. The third-order valence-corrected chi connectivity index (χ3v) is 7.39. The fourth-order valence-corrected chi connectivity index (χ4v) is 5.14. The van der Waals surface area contributed by atoms with Gasteiger partial charge in [0.15, 0.2) is 0 Å². The predicted octanol–water partition coefficient (Wildman–Crippen LogP) is 6.01. The van der Waals surface area contributed by atoms with E-state index in [0.717, 1.165) is 24.0 Å². The molecule has 200 valence electrons. The summed E-state index contributed by atoms with van der Waals surface area (Å²) in [4.78, 5) is 35.7. The maximum atomic E-state index is 12.5. The Morgan fingerprint density at radius 2 is 1.43 bits per heavy atom. The van der Waals surface area contributed by atoms with Gasteiger partial charge in [0.25, 0.3) is 5.91 Å². The number of amides is 2. The molecule has 0 heterocycles. The van der Waals surface area contributed by atoms with E-state index in [-0.39, 0.29) is 11.8 Å². The van der Waals surface area contributed by atoms with Crippen molar-refractivity contribution in [3.8, 4) is 0 Å². The summed E-state index contributed by atoms with van der Waals surface area (Å²) in [7, 11) is 0. The van der Waals surface area contributed by atoms with Crippen LogP contribution in [0, 0.1) is 0 Å². The number of nitrogens with one attached hydrogen (secondary N) is 2. The average Bonchev–Trinajstić information content (AvgIpc) is 3.60. The molecule has 0 aliphatic heterocycles. The lowest BCUT2D eigenvalue weighted by Crippen LogP contribution is -2.43. The maximum Gasteiger partial charge on any atom is 0.394 e. The van der Waals surface area contributed by atoms with E-state index < -0.39 is 17.4 Å². The Kier molecular flexibility index (Phi) is 11.2. The van der Waals surface area contributed by atoms with Crippen LogP contribution in [0.3, 0.4) is 0 Å². The van der Waals surface area contributed by atoms with E-state index in [1.807, 2.05) is 42.5 Å². The number of carboxylic acids is 1. The lowest BCUT2D eigenvalue weighted by molar-refractivity contribution is -0.150. The van der Waals surface area contributed by atoms with Crippen LogP contribution in [0.15, 0.2) is 54.6 Å². The second-order valence-corrected chi connectivity index (χ2v) is 10.4. The molecule has 2 aromatic rings. The molecule has 6 heteroatoms. The Morgan fingerprint density at radius 1 is 0.838 bits per heavy atom. The van der Waals surface area contributed by atoms with E-state index in [1.54, 1.807) is 12.1 Å². The van der Waals surface area contributed by atoms with E-state index in [2.05, 4.69) is 17.6 Å². The molecule has 1 saturated carbocycles. The van der Waals surface area contributed by atoms with Crippen LogP contribution in [-0.2, 0) is 16.0 Å². The van der Waals surface area contributed by atoms with Crippen LogP contribution in [0.25, 0.3) is 0 Å². The van der Waals surface area contributed by atoms with Crippen molar-refractivity contribution in [2.45, 2.75) is 95.4 Å². The minimum Gasteiger partial charge on any atom is -0.474 e. The lowest BCUT2D eigenvalue weighted by atomic mass is 9.97. The molecule has 1 aliphatic carbocycles. The molecule has 0 radical (unpaired) electrons. The molecule has 0 saturated heterocycles. The zero-order valence-corrected chi connectivity index (χ0v) is 22.1. The number of carbonyl (C=O) groups is 3. The quantitative estimate of drug-likeness (QED) is 0.192. The smallest absolute Gasteiger partial charge is 0.394 e. The van der Waals surface area contributed by atoms with E-state index in [0.29, 0.717) is 24.9 Å². The fraction of sp³-hybridized carbons (Fsp3) is 0.516. The first-order valence-electron chi connectivity index (χ1n) is 13.9. The number of aliphatic carboxylic acids is 1. The molecule has 2 aromatic carbocycles. The molecular weight excluding hydrogens is 464 g/mol. The van der Waals surface area contributed by atoms with Gasteiger partial charge >= 0.3 is 11.9 Å². The summed E-state index contributed by atoms with van der Waals surface area (Å²) >= 11 is 0. The molecule has 0 spiro atoms. The summed E-state index contributed by atoms with van der Waals surface area (Å²) in [6.07, 6.45) is 13.8. The van der Waals surface area contributed by atoms with Crippen LogP contribution < -0.4 is 10.6 Å². The largest absolute Gasteiger partial charge is 0.474 e. The minimum absolute atomic E-state index is 0.0565. The number of benzene rings is 2. The number of unbranched alkanes of at least 4 members (excludes halogenated alkanes) is 9. The van der Waals surface area contributed by atoms with Crippen LogP contribution in [0.4, 0.5) is 0 Å². The molecule has 0 bridgehead atoms. The van der Waals surface area contributed by atoms with Crippen molar-refractivity contribution in [1.29, 1.82) is 0 Å². The third kappa shape index (κ3) is 9.03. The van der Waals surface area contributed by atoms with Crippen molar-refractivity contribution >= 4 is 17.8 Å². The first-order valence-corrected chi connectivity index (χ1v) is 13.9. The van der Waals surface area contributed by atoms with Gasteiger partial charge in [-0.15, -0.1) is 0 Å². The number of carboxylic acid groups (broad SMARTS) is 1. The van der Waals surface area contributed by atoms with Gasteiger partial charge in [-0.1, -0.05) is 107 Å². The normalized spacial score (nSPS) is 18.2. The first-order chi connectivity index (χ1) is 17.9. The highest BCUT2D eigenvalue weighted by Gasteiger charge is 2.56. The maximum absolute atomic E-state index is 12.5. The zero-order valence-electron chi connectivity index (χ0n) is 22.1. The number of hydrogen-bond donors (Lipinski definition) is 3. The molecular formula is C31H42N2O4. The molecule has 3 rings (SSSR count). The van der Waals surface area contributed by atoms with Crippen LogP contribution in [-0.4, -0.2) is 35.0 Å². The monoisotopic (exact) mass is 506 g/mol. The molecule has 3 N–H and O–H groups in total. The van der Waals surface area contributed by atoms with E-state index in [1.165, 1.54) is 51.4 Å². The van der Waals surface area contributed by atoms with Crippen molar-refractivity contribution in [2.75, 3.05) is 6.54 Å². The van der Waals surface area contributed by atoms with E-state index in [9.17, 15) is 14.4 Å². The SMILES string of the molecule is CCCCCCCCCCCCNC(=O)c1ccc(C[C@@]2(NC(=O)C(=O)O)C[C@@H]2c2ccccc2)cc1. The van der Waals surface area contributed by atoms with Crippen LogP contribution >= 0.6 is 0 Å². The van der Waals surface area contributed by atoms with Crippen molar-refractivity contribution in [1.82, 2.24) is 10.6 Å². The molecule has 0 unspecified atom stereocenters. The summed E-state index contributed by atoms with van der Waals surface area (Å²) < 4.78 is 0. The summed E-state index contributed by atoms with van der Waals surface area (Å²) in [5, 5.41) is 14.9.